The maximum absolute atomic E-state index is 13.2. The largest absolute Gasteiger partial charge is 0.463 e. The molecular formula is C25H30N4O4S. The summed E-state index contributed by atoms with van der Waals surface area (Å²) in [6, 6.07) is 7.62. The Morgan fingerprint density at radius 1 is 1.12 bits per heavy atom. The molecule has 4 rings (SSSR count). The quantitative estimate of drug-likeness (QED) is 0.600. The summed E-state index contributed by atoms with van der Waals surface area (Å²) in [6.45, 7) is 9.60. The summed E-state index contributed by atoms with van der Waals surface area (Å²) in [4.78, 5) is 48.1. The molecule has 1 aromatic rings. The molecule has 9 heteroatoms. The molecule has 0 spiro atoms. The number of fused-ring (bicyclic) bond motifs is 1. The van der Waals surface area contributed by atoms with Crippen LogP contribution in [0, 0.1) is 6.92 Å². The number of thioether (sulfide) groups is 1. The number of amidine groups is 1. The molecule has 1 fully saturated rings. The molecular weight excluding hydrogens is 452 g/mol. The molecule has 1 unspecified atom stereocenters. The fraction of sp³-hybridized carbons (Fsp3) is 0.440. The molecule has 0 saturated carbocycles. The van der Waals surface area contributed by atoms with Gasteiger partial charge in [-0.15, -0.1) is 0 Å². The van der Waals surface area contributed by atoms with Crippen LogP contribution in [0.1, 0.15) is 44.4 Å². The number of hydrogen-bond donors (Lipinski definition) is 0. The van der Waals surface area contributed by atoms with Crippen molar-refractivity contribution in [2.45, 2.75) is 40.2 Å². The number of amides is 2. The Morgan fingerprint density at radius 3 is 2.47 bits per heavy atom. The van der Waals surface area contributed by atoms with Gasteiger partial charge in [0.05, 0.1) is 30.3 Å². The normalized spacial score (nSPS) is 20.1. The van der Waals surface area contributed by atoms with Crippen LogP contribution >= 0.6 is 11.8 Å². The monoisotopic (exact) mass is 482 g/mol. The van der Waals surface area contributed by atoms with Crippen molar-refractivity contribution in [2.24, 2.45) is 4.99 Å². The molecule has 2 amide bonds. The van der Waals surface area contributed by atoms with Gasteiger partial charge >= 0.3 is 5.97 Å². The van der Waals surface area contributed by atoms with E-state index < -0.39 is 12.0 Å². The summed E-state index contributed by atoms with van der Waals surface area (Å²) in [6.07, 6.45) is 0.198. The van der Waals surface area contributed by atoms with Gasteiger partial charge in [0, 0.05) is 38.8 Å². The number of aliphatic imine (C=N–C) groups is 1. The van der Waals surface area contributed by atoms with Gasteiger partial charge in [0.1, 0.15) is 0 Å². The van der Waals surface area contributed by atoms with E-state index >= 15 is 0 Å². The number of carbonyl (C=O) groups excluding carboxylic acids is 3. The Labute approximate surface area is 204 Å². The second-order valence-corrected chi connectivity index (χ2v) is 9.43. The fourth-order valence-corrected chi connectivity index (χ4v) is 5.50. The first-order chi connectivity index (χ1) is 16.3. The number of ether oxygens (including phenoxy) is 1. The predicted octanol–water partition coefficient (Wildman–Crippen LogP) is 3.21. The van der Waals surface area contributed by atoms with Crippen LogP contribution in [0.25, 0.3) is 0 Å². The Balaban J connectivity index is 1.61. The van der Waals surface area contributed by atoms with Gasteiger partial charge in [0.25, 0.3) is 0 Å². The van der Waals surface area contributed by atoms with Crippen LogP contribution in [0.4, 0.5) is 0 Å². The second kappa shape index (κ2) is 10.0. The first-order valence-electron chi connectivity index (χ1n) is 11.5. The maximum atomic E-state index is 13.2. The SMILES string of the molecule is CCOC(=O)C1=C(C)N=C2SC=C(CC(=O)N3CCN(C(C)=O)CC3)N2C1c1cccc(C)c1. The van der Waals surface area contributed by atoms with Crippen molar-refractivity contribution in [1.82, 2.24) is 14.7 Å². The van der Waals surface area contributed by atoms with Crippen LogP contribution in [0.2, 0.25) is 0 Å². The number of benzene rings is 1. The number of piperazine rings is 1. The zero-order valence-corrected chi connectivity index (χ0v) is 20.9. The second-order valence-electron chi connectivity index (χ2n) is 8.59. The number of esters is 1. The number of hydrogen-bond acceptors (Lipinski definition) is 7. The van der Waals surface area contributed by atoms with Crippen molar-refractivity contribution in [3.05, 3.63) is 57.8 Å². The van der Waals surface area contributed by atoms with Crippen LogP contribution in [0.15, 0.2) is 51.6 Å². The zero-order valence-electron chi connectivity index (χ0n) is 20.0. The molecule has 3 aliphatic heterocycles. The number of nitrogens with zero attached hydrogens (tertiary/aromatic N) is 4. The van der Waals surface area contributed by atoms with Gasteiger partial charge in [0.15, 0.2) is 5.17 Å². The van der Waals surface area contributed by atoms with Gasteiger partial charge in [-0.25, -0.2) is 9.79 Å². The third kappa shape index (κ3) is 4.75. The molecule has 1 atom stereocenters. The summed E-state index contributed by atoms with van der Waals surface area (Å²) in [5, 5.41) is 2.70. The minimum Gasteiger partial charge on any atom is -0.463 e. The summed E-state index contributed by atoms with van der Waals surface area (Å²) < 4.78 is 5.40. The number of allylic oxidation sites excluding steroid dienone is 1. The van der Waals surface area contributed by atoms with Crippen LogP contribution in [-0.4, -0.2) is 70.4 Å². The number of carbonyl (C=O) groups is 3. The Morgan fingerprint density at radius 2 is 1.82 bits per heavy atom. The topological polar surface area (TPSA) is 82.5 Å². The highest BCUT2D eigenvalue weighted by molar-refractivity contribution is 8.16. The molecule has 3 aliphatic rings. The summed E-state index contributed by atoms with van der Waals surface area (Å²) in [5.74, 6) is -0.355. The lowest BCUT2D eigenvalue weighted by Crippen LogP contribution is -2.50. The van der Waals surface area contributed by atoms with Crippen molar-refractivity contribution in [2.75, 3.05) is 32.8 Å². The highest BCUT2D eigenvalue weighted by atomic mass is 32.2. The average molecular weight is 483 g/mol. The molecule has 0 N–H and O–H groups in total. The summed E-state index contributed by atoms with van der Waals surface area (Å²) in [7, 11) is 0. The maximum Gasteiger partial charge on any atom is 0.338 e. The van der Waals surface area contributed by atoms with Gasteiger partial charge in [-0.3, -0.25) is 9.59 Å². The Bertz CT molecular complexity index is 1100. The summed E-state index contributed by atoms with van der Waals surface area (Å²) in [5.41, 5.74) is 3.96. The molecule has 1 aromatic carbocycles. The third-order valence-corrected chi connectivity index (χ3v) is 7.15. The van der Waals surface area contributed by atoms with Gasteiger partial charge < -0.3 is 19.4 Å². The lowest BCUT2D eigenvalue weighted by atomic mass is 9.93. The molecule has 180 valence electrons. The first kappa shape index (κ1) is 24.1. The minimum atomic E-state index is -0.421. The molecule has 8 nitrogen and oxygen atoms in total. The Kier molecular flexibility index (Phi) is 7.11. The van der Waals surface area contributed by atoms with E-state index in [1.165, 1.54) is 11.8 Å². The van der Waals surface area contributed by atoms with Crippen LogP contribution in [0.3, 0.4) is 0 Å². The van der Waals surface area contributed by atoms with Crippen LogP contribution in [0.5, 0.6) is 0 Å². The van der Waals surface area contributed by atoms with E-state index in [1.54, 1.807) is 23.6 Å². The molecule has 0 aliphatic carbocycles. The van der Waals surface area contributed by atoms with E-state index in [2.05, 4.69) is 11.1 Å². The van der Waals surface area contributed by atoms with E-state index in [9.17, 15) is 14.4 Å². The zero-order chi connectivity index (χ0) is 24.4. The van der Waals surface area contributed by atoms with Crippen LogP contribution in [-0.2, 0) is 19.1 Å². The molecule has 0 aromatic heterocycles. The minimum absolute atomic E-state index is 0.00301. The van der Waals surface area contributed by atoms with Crippen molar-refractivity contribution in [1.29, 1.82) is 0 Å². The van der Waals surface area contributed by atoms with Crippen molar-refractivity contribution >= 4 is 34.7 Å². The van der Waals surface area contributed by atoms with E-state index in [0.717, 1.165) is 22.0 Å². The van der Waals surface area contributed by atoms with E-state index in [1.807, 2.05) is 42.4 Å². The fourth-order valence-electron chi connectivity index (χ4n) is 4.53. The smallest absolute Gasteiger partial charge is 0.338 e. The van der Waals surface area contributed by atoms with Crippen molar-refractivity contribution in [3.8, 4) is 0 Å². The standard InChI is InChI=1S/C25H30N4O4S/c1-5-33-24(32)22-17(3)26-25-29(23(22)19-8-6-7-16(2)13-19)20(15-34-25)14-21(31)28-11-9-27(10-12-28)18(4)30/h6-8,13,15,23H,5,9-12,14H2,1-4H3. The molecule has 0 radical (unpaired) electrons. The average Bonchev–Trinajstić information content (AvgIpc) is 3.20. The first-order valence-corrected chi connectivity index (χ1v) is 12.4. The lowest BCUT2D eigenvalue weighted by molar-refractivity contribution is -0.139. The van der Waals surface area contributed by atoms with Crippen LogP contribution < -0.4 is 0 Å². The van der Waals surface area contributed by atoms with Gasteiger partial charge in [-0.05, 0) is 31.7 Å². The van der Waals surface area contributed by atoms with E-state index in [0.29, 0.717) is 37.4 Å². The number of rotatable bonds is 5. The van der Waals surface area contributed by atoms with Gasteiger partial charge in [0.2, 0.25) is 11.8 Å². The number of aryl methyl sites for hydroxylation is 1. The Hall–Kier alpha value is -3.07. The lowest BCUT2D eigenvalue weighted by Gasteiger charge is -2.38. The predicted molar refractivity (Wildman–Crippen MR) is 132 cm³/mol. The van der Waals surface area contributed by atoms with Crippen molar-refractivity contribution in [3.63, 3.8) is 0 Å². The van der Waals surface area contributed by atoms with Crippen molar-refractivity contribution < 1.29 is 19.1 Å². The highest BCUT2D eigenvalue weighted by Crippen LogP contribution is 2.45. The van der Waals surface area contributed by atoms with E-state index in [-0.39, 0.29) is 24.8 Å². The molecule has 1 saturated heterocycles. The molecule has 0 bridgehead atoms. The van der Waals surface area contributed by atoms with Gasteiger partial charge in [-0.2, -0.15) is 0 Å². The summed E-state index contributed by atoms with van der Waals surface area (Å²) >= 11 is 1.46. The highest BCUT2D eigenvalue weighted by Gasteiger charge is 2.41. The van der Waals surface area contributed by atoms with Gasteiger partial charge in [-0.1, -0.05) is 41.6 Å². The van der Waals surface area contributed by atoms with E-state index in [4.69, 9.17) is 4.74 Å². The molecule has 34 heavy (non-hydrogen) atoms. The third-order valence-electron chi connectivity index (χ3n) is 6.26. The molecule has 3 heterocycles.